The summed E-state index contributed by atoms with van der Waals surface area (Å²) in [7, 11) is -1.62. The summed E-state index contributed by atoms with van der Waals surface area (Å²) in [4.78, 5) is 0.348. The SMILES string of the molecule is CNCc1cc(Br)c(C)c(S(=O)(=O)NCCCSC)c1. The van der Waals surface area contributed by atoms with Crippen molar-refractivity contribution >= 4 is 37.7 Å². The van der Waals surface area contributed by atoms with E-state index in [9.17, 15) is 8.42 Å². The van der Waals surface area contributed by atoms with Gasteiger partial charge in [-0.3, -0.25) is 0 Å². The maximum absolute atomic E-state index is 12.4. The van der Waals surface area contributed by atoms with Crippen molar-refractivity contribution in [3.8, 4) is 0 Å². The van der Waals surface area contributed by atoms with Gasteiger partial charge in [-0.2, -0.15) is 11.8 Å². The van der Waals surface area contributed by atoms with Gasteiger partial charge in [0.1, 0.15) is 0 Å². The Hall–Kier alpha value is -0.0800. The van der Waals surface area contributed by atoms with E-state index in [-0.39, 0.29) is 0 Å². The van der Waals surface area contributed by atoms with Crippen LogP contribution in [0.1, 0.15) is 17.5 Å². The molecular formula is C13H21BrN2O2S2. The maximum Gasteiger partial charge on any atom is 0.240 e. The zero-order valence-electron chi connectivity index (χ0n) is 12.0. The van der Waals surface area contributed by atoms with Crippen molar-refractivity contribution in [1.82, 2.24) is 10.0 Å². The highest BCUT2D eigenvalue weighted by Gasteiger charge is 2.18. The van der Waals surface area contributed by atoms with Crippen LogP contribution in [0.25, 0.3) is 0 Å². The number of hydrogen-bond donors (Lipinski definition) is 2. The van der Waals surface area contributed by atoms with Crippen LogP contribution in [-0.4, -0.2) is 34.0 Å². The summed E-state index contributed by atoms with van der Waals surface area (Å²) < 4.78 is 28.2. The van der Waals surface area contributed by atoms with E-state index in [1.807, 2.05) is 26.3 Å². The number of halogens is 1. The standard InChI is InChI=1S/C13H21BrN2O2S2/c1-10-12(14)7-11(9-15-2)8-13(10)20(17,18)16-5-4-6-19-3/h7-8,15-16H,4-6,9H2,1-3H3. The lowest BCUT2D eigenvalue weighted by Crippen LogP contribution is -2.26. The van der Waals surface area contributed by atoms with Gasteiger partial charge >= 0.3 is 0 Å². The lowest BCUT2D eigenvalue weighted by atomic mass is 10.1. The van der Waals surface area contributed by atoms with Crippen LogP contribution < -0.4 is 10.0 Å². The molecule has 1 aromatic rings. The van der Waals surface area contributed by atoms with Crippen molar-refractivity contribution in [2.24, 2.45) is 0 Å². The van der Waals surface area contributed by atoms with E-state index in [4.69, 9.17) is 0 Å². The number of hydrogen-bond acceptors (Lipinski definition) is 4. The van der Waals surface area contributed by atoms with Crippen molar-refractivity contribution in [3.05, 3.63) is 27.7 Å². The van der Waals surface area contributed by atoms with Crippen molar-refractivity contribution in [2.45, 2.75) is 24.8 Å². The molecule has 0 heterocycles. The Morgan fingerprint density at radius 1 is 1.35 bits per heavy atom. The van der Waals surface area contributed by atoms with E-state index < -0.39 is 10.0 Å². The lowest BCUT2D eigenvalue weighted by molar-refractivity contribution is 0.580. The summed E-state index contributed by atoms with van der Waals surface area (Å²) >= 11 is 5.14. The summed E-state index contributed by atoms with van der Waals surface area (Å²) in [6.07, 6.45) is 2.84. The minimum Gasteiger partial charge on any atom is -0.316 e. The Morgan fingerprint density at radius 3 is 2.65 bits per heavy atom. The molecule has 0 saturated heterocycles. The van der Waals surface area contributed by atoms with Gasteiger partial charge < -0.3 is 5.32 Å². The predicted octanol–water partition coefficient (Wildman–Crippen LogP) is 2.51. The third kappa shape index (κ3) is 5.04. The average Bonchev–Trinajstić information content (AvgIpc) is 2.39. The first-order chi connectivity index (χ1) is 9.42. The predicted molar refractivity (Wildman–Crippen MR) is 89.8 cm³/mol. The summed E-state index contributed by atoms with van der Waals surface area (Å²) in [6.45, 7) is 2.91. The van der Waals surface area contributed by atoms with Gasteiger partial charge in [0.05, 0.1) is 4.90 Å². The Morgan fingerprint density at radius 2 is 2.05 bits per heavy atom. The number of sulfonamides is 1. The largest absolute Gasteiger partial charge is 0.316 e. The van der Waals surface area contributed by atoms with Gasteiger partial charge in [0, 0.05) is 17.6 Å². The first kappa shape index (κ1) is 18.0. The first-order valence-corrected chi connectivity index (χ1v) is 10.0. The Kier molecular flexibility index (Phi) is 7.53. The van der Waals surface area contributed by atoms with E-state index in [0.717, 1.165) is 27.8 Å². The van der Waals surface area contributed by atoms with E-state index in [1.165, 1.54) is 0 Å². The second kappa shape index (κ2) is 8.38. The number of nitrogens with one attached hydrogen (secondary N) is 2. The first-order valence-electron chi connectivity index (χ1n) is 6.34. The Bertz CT molecular complexity index is 548. The van der Waals surface area contributed by atoms with E-state index >= 15 is 0 Å². The van der Waals surface area contributed by atoms with Crippen molar-refractivity contribution in [1.29, 1.82) is 0 Å². The molecule has 0 saturated carbocycles. The maximum atomic E-state index is 12.4. The number of thioether (sulfide) groups is 1. The smallest absolute Gasteiger partial charge is 0.240 e. The molecule has 1 aromatic carbocycles. The summed E-state index contributed by atoms with van der Waals surface area (Å²) in [5.41, 5.74) is 1.68. The highest BCUT2D eigenvalue weighted by molar-refractivity contribution is 9.10. The fraction of sp³-hybridized carbons (Fsp3) is 0.538. The zero-order valence-corrected chi connectivity index (χ0v) is 15.2. The molecule has 7 heteroatoms. The van der Waals surface area contributed by atoms with Gasteiger partial charge in [0.25, 0.3) is 0 Å². The van der Waals surface area contributed by atoms with E-state index in [0.29, 0.717) is 18.0 Å². The molecule has 114 valence electrons. The molecule has 20 heavy (non-hydrogen) atoms. The molecule has 0 spiro atoms. The minimum atomic E-state index is -3.45. The molecule has 0 aliphatic rings. The monoisotopic (exact) mass is 380 g/mol. The molecule has 0 aliphatic heterocycles. The van der Waals surface area contributed by atoms with Crippen molar-refractivity contribution in [2.75, 3.05) is 25.6 Å². The van der Waals surface area contributed by atoms with Crippen LogP contribution in [0.3, 0.4) is 0 Å². The van der Waals surface area contributed by atoms with Gasteiger partial charge in [-0.1, -0.05) is 15.9 Å². The lowest BCUT2D eigenvalue weighted by Gasteiger charge is -2.13. The third-order valence-electron chi connectivity index (χ3n) is 2.84. The zero-order chi connectivity index (χ0) is 15.2. The second-order valence-electron chi connectivity index (χ2n) is 4.48. The highest BCUT2D eigenvalue weighted by atomic mass is 79.9. The van der Waals surface area contributed by atoms with Gasteiger partial charge in [-0.05, 0) is 55.7 Å². The van der Waals surface area contributed by atoms with Crippen LogP contribution in [0.5, 0.6) is 0 Å². The van der Waals surface area contributed by atoms with Crippen LogP contribution in [0, 0.1) is 6.92 Å². The molecule has 0 amide bonds. The van der Waals surface area contributed by atoms with Gasteiger partial charge in [0.2, 0.25) is 10.0 Å². The molecule has 0 atom stereocenters. The Labute approximate surface area is 134 Å². The molecule has 0 unspecified atom stereocenters. The van der Waals surface area contributed by atoms with Crippen LogP contribution in [0.15, 0.2) is 21.5 Å². The van der Waals surface area contributed by atoms with Gasteiger partial charge in [0.15, 0.2) is 0 Å². The molecule has 2 N–H and O–H groups in total. The van der Waals surface area contributed by atoms with E-state index in [1.54, 1.807) is 17.8 Å². The van der Waals surface area contributed by atoms with Crippen LogP contribution in [0.4, 0.5) is 0 Å². The summed E-state index contributed by atoms with van der Waals surface area (Å²) in [6, 6.07) is 3.67. The quantitative estimate of drug-likeness (QED) is 0.680. The molecule has 0 radical (unpaired) electrons. The summed E-state index contributed by atoms with van der Waals surface area (Å²) in [5.74, 6) is 0.949. The number of rotatable bonds is 8. The molecule has 0 aromatic heterocycles. The fourth-order valence-corrected chi connectivity index (χ4v) is 4.25. The van der Waals surface area contributed by atoms with E-state index in [2.05, 4.69) is 26.0 Å². The van der Waals surface area contributed by atoms with Crippen LogP contribution >= 0.6 is 27.7 Å². The molecule has 1 rings (SSSR count). The average molecular weight is 381 g/mol. The minimum absolute atomic E-state index is 0.348. The molecule has 0 fully saturated rings. The molecule has 0 bridgehead atoms. The second-order valence-corrected chi connectivity index (χ2v) is 8.05. The van der Waals surface area contributed by atoms with Crippen molar-refractivity contribution in [3.63, 3.8) is 0 Å². The van der Waals surface area contributed by atoms with Gasteiger partial charge in [-0.15, -0.1) is 0 Å². The summed E-state index contributed by atoms with van der Waals surface area (Å²) in [5, 5.41) is 3.03. The fourth-order valence-electron chi connectivity index (χ4n) is 1.79. The van der Waals surface area contributed by atoms with Crippen LogP contribution in [0.2, 0.25) is 0 Å². The number of benzene rings is 1. The third-order valence-corrected chi connectivity index (χ3v) is 5.95. The van der Waals surface area contributed by atoms with Crippen molar-refractivity contribution < 1.29 is 8.42 Å². The topological polar surface area (TPSA) is 58.2 Å². The highest BCUT2D eigenvalue weighted by Crippen LogP contribution is 2.25. The normalized spacial score (nSPS) is 11.8. The van der Waals surface area contributed by atoms with Crippen LogP contribution in [-0.2, 0) is 16.6 Å². The Balaban J connectivity index is 2.98. The van der Waals surface area contributed by atoms with Gasteiger partial charge in [-0.25, -0.2) is 13.1 Å². The molecule has 4 nitrogen and oxygen atoms in total. The molecular weight excluding hydrogens is 360 g/mol. The molecule has 0 aliphatic carbocycles.